The van der Waals surface area contributed by atoms with Crippen LogP contribution in [0.5, 0.6) is 0 Å². The Balaban J connectivity index is 2.10. The number of hydrogen-bond donors (Lipinski definition) is 0. The minimum Gasteiger partial charge on any atom is -0.0895 e. The zero-order chi connectivity index (χ0) is 11.0. The second kappa shape index (κ2) is 4.27. The summed E-state index contributed by atoms with van der Waals surface area (Å²) >= 11 is 5.43. The lowest BCUT2D eigenvalue weighted by Crippen LogP contribution is -1.90. The molecular weight excluding hydrogens is 280 g/mol. The van der Waals surface area contributed by atoms with Crippen LogP contribution >= 0.6 is 27.7 Å². The molecule has 0 aliphatic carbocycles. The van der Waals surface area contributed by atoms with E-state index in [0.29, 0.717) is 0 Å². The highest BCUT2D eigenvalue weighted by Crippen LogP contribution is 2.38. The highest BCUT2D eigenvalue weighted by Gasteiger charge is 2.13. The Hall–Kier alpha value is -0.730. The molecule has 0 radical (unpaired) electrons. The van der Waals surface area contributed by atoms with Crippen LogP contribution in [0.4, 0.5) is 0 Å². The fourth-order valence-corrected chi connectivity index (χ4v) is 3.71. The van der Waals surface area contributed by atoms with Crippen molar-refractivity contribution in [2.24, 2.45) is 0 Å². The van der Waals surface area contributed by atoms with Gasteiger partial charge in [-0.05, 0) is 42.2 Å². The van der Waals surface area contributed by atoms with Crippen LogP contribution in [0, 0.1) is 0 Å². The topological polar surface area (TPSA) is 0 Å². The van der Waals surface area contributed by atoms with Gasteiger partial charge in [-0.2, -0.15) is 0 Å². The third-order valence-corrected chi connectivity index (χ3v) is 4.60. The van der Waals surface area contributed by atoms with E-state index >= 15 is 0 Å². The molecule has 0 saturated heterocycles. The zero-order valence-corrected chi connectivity index (χ0v) is 11.1. The first kappa shape index (κ1) is 10.4. The highest BCUT2D eigenvalue weighted by molar-refractivity contribution is 9.10. The van der Waals surface area contributed by atoms with Crippen LogP contribution in [0.1, 0.15) is 11.1 Å². The van der Waals surface area contributed by atoms with Crippen LogP contribution < -0.4 is 0 Å². The van der Waals surface area contributed by atoms with Crippen molar-refractivity contribution in [1.82, 2.24) is 0 Å². The molecular formula is C14H11BrS. The standard InChI is InChI=1S/C14H11BrS/c15-12-8-7-11-6-5-10-3-1-2-4-13(10)16-14(11)9-12/h1-4,7-9H,5-6H2. The van der Waals surface area contributed by atoms with Crippen LogP contribution in [-0.2, 0) is 12.8 Å². The van der Waals surface area contributed by atoms with Gasteiger partial charge in [0, 0.05) is 14.3 Å². The van der Waals surface area contributed by atoms with Crippen molar-refractivity contribution in [3.63, 3.8) is 0 Å². The number of aryl methyl sites for hydroxylation is 2. The SMILES string of the molecule is Brc1ccc2c(c1)Sc1ccccc1CC2. The molecule has 0 saturated carbocycles. The molecule has 80 valence electrons. The fraction of sp³-hybridized carbons (Fsp3) is 0.143. The number of halogens is 1. The third kappa shape index (κ3) is 1.92. The molecule has 3 rings (SSSR count). The molecule has 0 amide bonds. The summed E-state index contributed by atoms with van der Waals surface area (Å²) in [7, 11) is 0. The van der Waals surface area contributed by atoms with Gasteiger partial charge in [0.25, 0.3) is 0 Å². The lowest BCUT2D eigenvalue weighted by atomic mass is 10.0. The van der Waals surface area contributed by atoms with Gasteiger partial charge in [-0.15, -0.1) is 0 Å². The third-order valence-electron chi connectivity index (χ3n) is 2.89. The van der Waals surface area contributed by atoms with Crippen molar-refractivity contribution in [1.29, 1.82) is 0 Å². The van der Waals surface area contributed by atoms with Gasteiger partial charge < -0.3 is 0 Å². The molecule has 0 bridgehead atoms. The van der Waals surface area contributed by atoms with E-state index in [0.717, 1.165) is 17.3 Å². The van der Waals surface area contributed by atoms with Gasteiger partial charge >= 0.3 is 0 Å². The minimum atomic E-state index is 1.15. The van der Waals surface area contributed by atoms with Gasteiger partial charge in [-0.1, -0.05) is 52.0 Å². The minimum absolute atomic E-state index is 1.15. The van der Waals surface area contributed by atoms with E-state index < -0.39 is 0 Å². The molecule has 0 N–H and O–H groups in total. The molecule has 0 nitrogen and oxygen atoms in total. The molecule has 0 spiro atoms. The van der Waals surface area contributed by atoms with Crippen LogP contribution in [0.15, 0.2) is 56.7 Å². The largest absolute Gasteiger partial charge is 0.0895 e. The number of rotatable bonds is 0. The molecule has 2 heteroatoms. The summed E-state index contributed by atoms with van der Waals surface area (Å²) in [6.45, 7) is 0. The summed E-state index contributed by atoms with van der Waals surface area (Å²) in [6.07, 6.45) is 2.30. The predicted octanol–water partition coefficient (Wildman–Crippen LogP) is 4.70. The smallest absolute Gasteiger partial charge is 0.0186 e. The average molecular weight is 291 g/mol. The summed E-state index contributed by atoms with van der Waals surface area (Å²) in [5.41, 5.74) is 2.93. The lowest BCUT2D eigenvalue weighted by molar-refractivity contribution is 0.927. The molecule has 0 atom stereocenters. The number of benzene rings is 2. The lowest BCUT2D eigenvalue weighted by Gasteiger charge is -2.05. The van der Waals surface area contributed by atoms with Crippen molar-refractivity contribution in [3.8, 4) is 0 Å². The van der Waals surface area contributed by atoms with Crippen molar-refractivity contribution in [2.75, 3.05) is 0 Å². The van der Waals surface area contributed by atoms with E-state index in [9.17, 15) is 0 Å². The molecule has 1 heterocycles. The monoisotopic (exact) mass is 290 g/mol. The van der Waals surface area contributed by atoms with Gasteiger partial charge in [-0.25, -0.2) is 0 Å². The molecule has 0 unspecified atom stereocenters. The molecule has 0 fully saturated rings. The first-order valence-electron chi connectivity index (χ1n) is 5.37. The maximum atomic E-state index is 3.54. The van der Waals surface area contributed by atoms with E-state index in [1.165, 1.54) is 20.9 Å². The van der Waals surface area contributed by atoms with E-state index in [1.807, 2.05) is 11.8 Å². The van der Waals surface area contributed by atoms with E-state index in [-0.39, 0.29) is 0 Å². The molecule has 2 aromatic carbocycles. The maximum Gasteiger partial charge on any atom is 0.0186 e. The van der Waals surface area contributed by atoms with Crippen LogP contribution in [-0.4, -0.2) is 0 Å². The number of hydrogen-bond acceptors (Lipinski definition) is 1. The summed E-state index contributed by atoms with van der Waals surface area (Å²) in [6, 6.07) is 15.3. The summed E-state index contributed by atoms with van der Waals surface area (Å²) < 4.78 is 1.16. The molecule has 16 heavy (non-hydrogen) atoms. The Bertz CT molecular complexity index is 534. The normalized spacial score (nSPS) is 13.8. The second-order valence-electron chi connectivity index (χ2n) is 3.96. The number of fused-ring (bicyclic) bond motifs is 2. The van der Waals surface area contributed by atoms with Crippen molar-refractivity contribution < 1.29 is 0 Å². The molecule has 0 aromatic heterocycles. The summed E-state index contributed by atoms with van der Waals surface area (Å²) in [5.74, 6) is 0. The van der Waals surface area contributed by atoms with E-state index in [2.05, 4.69) is 58.4 Å². The predicted molar refractivity (Wildman–Crippen MR) is 72.1 cm³/mol. The Kier molecular flexibility index (Phi) is 2.78. The van der Waals surface area contributed by atoms with Gasteiger partial charge in [-0.3, -0.25) is 0 Å². The summed E-state index contributed by atoms with van der Waals surface area (Å²) in [4.78, 5) is 2.79. The maximum absolute atomic E-state index is 3.54. The Morgan fingerprint density at radius 1 is 0.875 bits per heavy atom. The van der Waals surface area contributed by atoms with E-state index in [4.69, 9.17) is 0 Å². The second-order valence-corrected chi connectivity index (χ2v) is 5.96. The highest BCUT2D eigenvalue weighted by atomic mass is 79.9. The summed E-state index contributed by atoms with van der Waals surface area (Å²) in [5, 5.41) is 0. The first-order valence-corrected chi connectivity index (χ1v) is 6.98. The van der Waals surface area contributed by atoms with Crippen molar-refractivity contribution in [2.45, 2.75) is 22.6 Å². The van der Waals surface area contributed by atoms with Crippen molar-refractivity contribution >= 4 is 27.7 Å². The zero-order valence-electron chi connectivity index (χ0n) is 8.74. The molecule has 1 aliphatic rings. The molecule has 1 aliphatic heterocycles. The average Bonchev–Trinajstić information content (AvgIpc) is 2.47. The van der Waals surface area contributed by atoms with Crippen molar-refractivity contribution in [3.05, 3.63) is 58.1 Å². The first-order chi connectivity index (χ1) is 7.83. The van der Waals surface area contributed by atoms with Gasteiger partial charge in [0.1, 0.15) is 0 Å². The Morgan fingerprint density at radius 2 is 1.62 bits per heavy atom. The fourth-order valence-electron chi connectivity index (χ4n) is 2.03. The van der Waals surface area contributed by atoms with Gasteiger partial charge in [0.05, 0.1) is 0 Å². The quantitative estimate of drug-likeness (QED) is 0.678. The molecule has 2 aromatic rings. The van der Waals surface area contributed by atoms with E-state index in [1.54, 1.807) is 0 Å². The Morgan fingerprint density at radius 3 is 2.50 bits per heavy atom. The van der Waals surface area contributed by atoms with Gasteiger partial charge in [0.2, 0.25) is 0 Å². The van der Waals surface area contributed by atoms with Crippen LogP contribution in [0.25, 0.3) is 0 Å². The Labute approximate surface area is 108 Å². The van der Waals surface area contributed by atoms with Gasteiger partial charge in [0.15, 0.2) is 0 Å². The van der Waals surface area contributed by atoms with Crippen LogP contribution in [0.3, 0.4) is 0 Å². The van der Waals surface area contributed by atoms with Crippen LogP contribution in [0.2, 0.25) is 0 Å².